The van der Waals surface area contributed by atoms with Crippen LogP contribution >= 0.6 is 22.7 Å². The smallest absolute Gasteiger partial charge is 0.192 e. The lowest BCUT2D eigenvalue weighted by Gasteiger charge is -2.39. The standard InChI is InChI=1S/C58H52N6S2/c1-5-13-49-41(9-1)21-22-42-10-2-6-14-50(42)63(49)47-33-29-39(30-34-47)37-17-25-45(26-18-37)55-60-53-57(65-55)62-58-54(59-53)61-56(66-58)46-27-19-38(20-28-46)40-31-35-48(36-32-40)64-51-15-7-3-11-43(51)23-24-44-12-4-8-16-52(44)64/h1-20,25-28,39-40,47-48H,21-24,29-36H2. The molecule has 6 aromatic carbocycles. The van der Waals surface area contributed by atoms with E-state index in [1.54, 1.807) is 22.7 Å². The molecule has 4 aliphatic rings. The maximum atomic E-state index is 5.05. The van der Waals surface area contributed by atoms with E-state index in [-0.39, 0.29) is 0 Å². The van der Waals surface area contributed by atoms with E-state index in [2.05, 4.69) is 155 Å². The van der Waals surface area contributed by atoms with Crippen molar-refractivity contribution < 1.29 is 0 Å². The van der Waals surface area contributed by atoms with Crippen molar-refractivity contribution in [3.05, 3.63) is 179 Å². The number of hydrogen-bond acceptors (Lipinski definition) is 8. The van der Waals surface area contributed by atoms with Gasteiger partial charge in [-0.15, -0.1) is 0 Å². The topological polar surface area (TPSA) is 58.0 Å². The van der Waals surface area contributed by atoms with Crippen LogP contribution in [-0.2, 0) is 25.7 Å². The average Bonchev–Trinajstić information content (AvgIpc) is 3.90. The Balaban J connectivity index is 0.666. The predicted molar refractivity (Wildman–Crippen MR) is 274 cm³/mol. The molecule has 0 radical (unpaired) electrons. The average molecular weight is 897 g/mol. The van der Waals surface area contributed by atoms with Crippen LogP contribution in [0.3, 0.4) is 0 Å². The molecule has 0 amide bonds. The zero-order valence-corrected chi connectivity index (χ0v) is 38.8. The second-order valence-electron chi connectivity index (χ2n) is 19.0. The van der Waals surface area contributed by atoms with Crippen molar-refractivity contribution in [3.63, 3.8) is 0 Å². The highest BCUT2D eigenvalue weighted by atomic mass is 32.1. The molecule has 2 saturated carbocycles. The minimum absolute atomic E-state index is 0.513. The maximum Gasteiger partial charge on any atom is 0.192 e. The van der Waals surface area contributed by atoms with Gasteiger partial charge in [-0.1, -0.05) is 144 Å². The van der Waals surface area contributed by atoms with Gasteiger partial charge in [0.15, 0.2) is 21.0 Å². The molecule has 8 heteroatoms. The van der Waals surface area contributed by atoms with Crippen molar-refractivity contribution in [2.24, 2.45) is 0 Å². The lowest BCUT2D eigenvalue weighted by molar-refractivity contribution is 0.391. The van der Waals surface area contributed by atoms with Crippen molar-refractivity contribution in [2.75, 3.05) is 9.80 Å². The molecule has 9 aromatic rings. The van der Waals surface area contributed by atoms with Gasteiger partial charge in [0, 0.05) is 46.0 Å². The molecular formula is C58H52N6S2. The van der Waals surface area contributed by atoms with Crippen molar-refractivity contribution in [3.8, 4) is 21.1 Å². The SMILES string of the molecule is c1ccc2c(c1)CCc1ccccc1N2C1CCC(c2ccc(-c3nc4nc5nc(-c6ccc(C7CCC(N8c9ccccc9CCc9ccccc98)CC7)cc6)sc5nc4s3)cc2)CC1. The summed E-state index contributed by atoms with van der Waals surface area (Å²) in [6.45, 7) is 0. The van der Waals surface area contributed by atoms with Gasteiger partial charge in [0.25, 0.3) is 0 Å². The molecule has 0 bridgehead atoms. The minimum atomic E-state index is 0.513. The number of thiazole rings is 2. The van der Waals surface area contributed by atoms with Crippen LogP contribution in [0.25, 0.3) is 42.1 Å². The molecular weight excluding hydrogens is 845 g/mol. The first-order chi connectivity index (χ1) is 32.7. The normalized spacial score (nSPS) is 20.5. The van der Waals surface area contributed by atoms with Gasteiger partial charge < -0.3 is 9.80 Å². The first-order valence-electron chi connectivity index (χ1n) is 24.2. The molecule has 2 aliphatic heterocycles. The van der Waals surface area contributed by atoms with E-state index >= 15 is 0 Å². The van der Waals surface area contributed by atoms with Gasteiger partial charge >= 0.3 is 0 Å². The first kappa shape index (κ1) is 40.1. The van der Waals surface area contributed by atoms with Crippen molar-refractivity contribution in [1.29, 1.82) is 0 Å². The third-order valence-electron chi connectivity index (χ3n) is 15.3. The fraction of sp³-hybridized carbons (Fsp3) is 0.276. The number of benzene rings is 6. The number of aromatic nitrogens is 4. The molecule has 6 nitrogen and oxygen atoms in total. The highest BCUT2D eigenvalue weighted by molar-refractivity contribution is 7.22. The lowest BCUT2D eigenvalue weighted by atomic mass is 9.80. The van der Waals surface area contributed by atoms with Crippen LogP contribution in [0.2, 0.25) is 0 Å². The molecule has 0 N–H and O–H groups in total. The zero-order valence-electron chi connectivity index (χ0n) is 37.2. The van der Waals surface area contributed by atoms with Gasteiger partial charge in [-0.3, -0.25) is 0 Å². The van der Waals surface area contributed by atoms with Gasteiger partial charge in [0.2, 0.25) is 0 Å². The zero-order chi connectivity index (χ0) is 43.6. The molecule has 2 fully saturated rings. The third-order valence-corrected chi connectivity index (χ3v) is 17.3. The fourth-order valence-corrected chi connectivity index (χ4v) is 13.7. The van der Waals surface area contributed by atoms with E-state index in [9.17, 15) is 0 Å². The minimum Gasteiger partial charge on any atom is -0.338 e. The van der Waals surface area contributed by atoms with Crippen LogP contribution in [0, 0.1) is 0 Å². The second kappa shape index (κ2) is 16.9. The molecule has 66 heavy (non-hydrogen) atoms. The van der Waals surface area contributed by atoms with Crippen molar-refractivity contribution >= 4 is 66.4 Å². The lowest BCUT2D eigenvalue weighted by Crippen LogP contribution is -2.35. The van der Waals surface area contributed by atoms with Crippen LogP contribution in [0.15, 0.2) is 146 Å². The van der Waals surface area contributed by atoms with E-state index in [1.165, 1.54) is 107 Å². The van der Waals surface area contributed by atoms with Gasteiger partial charge in [-0.25, -0.2) is 19.9 Å². The molecule has 0 unspecified atom stereocenters. The number of fused-ring (bicyclic) bond motifs is 6. The van der Waals surface area contributed by atoms with Crippen LogP contribution in [0.1, 0.15) is 96.6 Å². The summed E-state index contributed by atoms with van der Waals surface area (Å²) < 4.78 is 0. The Morgan fingerprint density at radius 1 is 0.348 bits per heavy atom. The number of rotatable bonds is 6. The van der Waals surface area contributed by atoms with Crippen LogP contribution in [0.5, 0.6) is 0 Å². The van der Waals surface area contributed by atoms with Crippen LogP contribution in [-0.4, -0.2) is 32.0 Å². The maximum absolute atomic E-state index is 5.05. The molecule has 5 heterocycles. The molecule has 13 rings (SSSR count). The quantitative estimate of drug-likeness (QED) is 0.166. The van der Waals surface area contributed by atoms with E-state index in [0.29, 0.717) is 35.2 Å². The summed E-state index contributed by atoms with van der Waals surface area (Å²) >= 11 is 3.25. The second-order valence-corrected chi connectivity index (χ2v) is 21.0. The summed E-state index contributed by atoms with van der Waals surface area (Å²) in [7, 11) is 0. The fourth-order valence-electron chi connectivity index (χ4n) is 11.9. The van der Waals surface area contributed by atoms with Gasteiger partial charge in [-0.05, 0) is 147 Å². The van der Waals surface area contributed by atoms with E-state index in [1.807, 2.05) is 0 Å². The first-order valence-corrected chi connectivity index (χ1v) is 25.9. The monoisotopic (exact) mass is 896 g/mol. The van der Waals surface area contributed by atoms with Gasteiger partial charge in [0.1, 0.15) is 10.0 Å². The predicted octanol–water partition coefficient (Wildman–Crippen LogP) is 15.0. The Morgan fingerprint density at radius 2 is 0.682 bits per heavy atom. The van der Waals surface area contributed by atoms with Gasteiger partial charge in [0.05, 0.1) is 0 Å². The van der Waals surface area contributed by atoms with Crippen molar-refractivity contribution in [2.45, 2.75) is 101 Å². The summed E-state index contributed by atoms with van der Waals surface area (Å²) in [5, 5.41) is 1.92. The molecule has 0 atom stereocenters. The molecule has 0 spiro atoms. The number of nitrogens with zero attached hydrogens (tertiary/aromatic N) is 6. The van der Waals surface area contributed by atoms with Crippen molar-refractivity contribution in [1.82, 2.24) is 19.9 Å². The van der Waals surface area contributed by atoms with Crippen LogP contribution < -0.4 is 9.80 Å². The molecule has 2 aliphatic carbocycles. The largest absolute Gasteiger partial charge is 0.338 e. The highest BCUT2D eigenvalue weighted by Gasteiger charge is 2.33. The Labute approximate surface area is 395 Å². The molecule has 0 saturated heterocycles. The Morgan fingerprint density at radius 3 is 1.03 bits per heavy atom. The highest BCUT2D eigenvalue weighted by Crippen LogP contribution is 2.46. The molecule has 3 aromatic heterocycles. The third kappa shape index (κ3) is 7.30. The Hall–Kier alpha value is -6.22. The Kier molecular flexibility index (Phi) is 10.3. The summed E-state index contributed by atoms with van der Waals surface area (Å²) in [6, 6.07) is 55.7. The van der Waals surface area contributed by atoms with E-state index in [4.69, 9.17) is 19.9 Å². The Bertz CT molecular complexity index is 2850. The summed E-state index contributed by atoms with van der Waals surface area (Å²) in [6.07, 6.45) is 14.0. The molecule has 326 valence electrons. The number of anilines is 4. The van der Waals surface area contributed by atoms with Gasteiger partial charge in [-0.2, -0.15) is 0 Å². The summed E-state index contributed by atoms with van der Waals surface area (Å²) in [5.41, 5.74) is 18.0. The number of hydrogen-bond donors (Lipinski definition) is 0. The number of para-hydroxylation sites is 4. The number of aryl methyl sites for hydroxylation is 4. The van der Waals surface area contributed by atoms with E-state index in [0.717, 1.165) is 56.5 Å². The summed E-state index contributed by atoms with van der Waals surface area (Å²) in [5.74, 6) is 1.14. The summed E-state index contributed by atoms with van der Waals surface area (Å²) in [4.78, 5) is 27.1. The van der Waals surface area contributed by atoms with Crippen LogP contribution in [0.4, 0.5) is 22.7 Å². The van der Waals surface area contributed by atoms with E-state index < -0.39 is 0 Å².